The fourth-order valence-corrected chi connectivity index (χ4v) is 2.87. The zero-order valence-corrected chi connectivity index (χ0v) is 10.9. The molecule has 4 heteroatoms. The Labute approximate surface area is 108 Å². The highest BCUT2D eigenvalue weighted by Crippen LogP contribution is 2.48. The van der Waals surface area contributed by atoms with Gasteiger partial charge in [0, 0.05) is 18.3 Å². The van der Waals surface area contributed by atoms with Gasteiger partial charge in [0.15, 0.2) is 0 Å². The molecule has 0 unspecified atom stereocenters. The third-order valence-electron chi connectivity index (χ3n) is 4.18. The maximum atomic E-state index is 8.84. The summed E-state index contributed by atoms with van der Waals surface area (Å²) in [6.45, 7) is 2.81. The van der Waals surface area contributed by atoms with Gasteiger partial charge < -0.3 is 10.4 Å². The Balaban J connectivity index is 1.42. The van der Waals surface area contributed by atoms with Crippen molar-refractivity contribution in [1.82, 2.24) is 15.1 Å². The Bertz CT molecular complexity index is 370. The van der Waals surface area contributed by atoms with E-state index in [2.05, 4.69) is 10.4 Å². The fraction of sp³-hybridized carbons (Fsp3) is 0.786. The SMILES string of the molecule is OCCn1cc(CNCC(C2CC2)C2CC2)cn1. The summed E-state index contributed by atoms with van der Waals surface area (Å²) >= 11 is 0. The van der Waals surface area contributed by atoms with Crippen molar-refractivity contribution in [2.24, 2.45) is 17.8 Å². The van der Waals surface area contributed by atoms with Crippen molar-refractivity contribution in [2.45, 2.75) is 38.8 Å². The second kappa shape index (κ2) is 5.41. The molecule has 4 nitrogen and oxygen atoms in total. The number of rotatable bonds is 8. The fourth-order valence-electron chi connectivity index (χ4n) is 2.87. The molecule has 0 bridgehead atoms. The van der Waals surface area contributed by atoms with Crippen molar-refractivity contribution in [2.75, 3.05) is 13.2 Å². The molecule has 2 saturated carbocycles. The molecule has 1 heterocycles. The zero-order chi connectivity index (χ0) is 12.4. The van der Waals surface area contributed by atoms with Gasteiger partial charge in [0.2, 0.25) is 0 Å². The molecule has 2 fully saturated rings. The smallest absolute Gasteiger partial charge is 0.0640 e. The van der Waals surface area contributed by atoms with E-state index in [1.54, 1.807) is 4.68 Å². The molecule has 0 atom stereocenters. The lowest BCUT2D eigenvalue weighted by Gasteiger charge is -2.15. The van der Waals surface area contributed by atoms with E-state index in [1.165, 1.54) is 37.8 Å². The summed E-state index contributed by atoms with van der Waals surface area (Å²) in [4.78, 5) is 0. The van der Waals surface area contributed by atoms with E-state index in [9.17, 15) is 0 Å². The highest BCUT2D eigenvalue weighted by molar-refractivity contribution is 5.03. The maximum Gasteiger partial charge on any atom is 0.0640 e. The van der Waals surface area contributed by atoms with Crippen LogP contribution in [0.1, 0.15) is 31.2 Å². The van der Waals surface area contributed by atoms with Crippen molar-refractivity contribution in [1.29, 1.82) is 0 Å². The molecule has 18 heavy (non-hydrogen) atoms. The number of hydrogen-bond donors (Lipinski definition) is 2. The Morgan fingerprint density at radius 3 is 2.67 bits per heavy atom. The van der Waals surface area contributed by atoms with Gasteiger partial charge in [-0.25, -0.2) is 0 Å². The third-order valence-corrected chi connectivity index (χ3v) is 4.18. The van der Waals surface area contributed by atoms with Gasteiger partial charge in [-0.2, -0.15) is 5.10 Å². The standard InChI is InChI=1S/C14H23N3O/c18-6-5-17-10-11(8-16-17)7-15-9-14(12-1-2-12)13-3-4-13/h8,10,12-15,18H,1-7,9H2. The predicted octanol–water partition coefficient (Wildman–Crippen LogP) is 1.40. The molecule has 0 saturated heterocycles. The Kier molecular flexibility index (Phi) is 3.66. The second-order valence-electron chi connectivity index (χ2n) is 5.80. The molecular weight excluding hydrogens is 226 g/mol. The first kappa shape index (κ1) is 12.2. The highest BCUT2D eigenvalue weighted by Gasteiger charge is 2.40. The van der Waals surface area contributed by atoms with Crippen molar-refractivity contribution in [3.8, 4) is 0 Å². The first-order valence-electron chi connectivity index (χ1n) is 7.19. The summed E-state index contributed by atoms with van der Waals surface area (Å²) in [5.74, 6) is 2.96. The predicted molar refractivity (Wildman–Crippen MR) is 70.0 cm³/mol. The molecule has 100 valence electrons. The number of nitrogens with zero attached hydrogens (tertiary/aromatic N) is 2. The summed E-state index contributed by atoms with van der Waals surface area (Å²) < 4.78 is 1.80. The summed E-state index contributed by atoms with van der Waals surface area (Å²) in [5.41, 5.74) is 1.22. The lowest BCUT2D eigenvalue weighted by atomic mass is 9.98. The number of aliphatic hydroxyl groups excluding tert-OH is 1. The van der Waals surface area contributed by atoms with Crippen LogP contribution in [0.4, 0.5) is 0 Å². The topological polar surface area (TPSA) is 50.1 Å². The Hall–Kier alpha value is -0.870. The summed E-state index contributed by atoms with van der Waals surface area (Å²) in [5, 5.41) is 16.6. The van der Waals surface area contributed by atoms with E-state index in [0.717, 1.165) is 24.3 Å². The molecule has 2 aliphatic carbocycles. The minimum atomic E-state index is 0.153. The molecule has 1 aromatic heterocycles. The first-order valence-corrected chi connectivity index (χ1v) is 7.19. The highest BCUT2D eigenvalue weighted by atomic mass is 16.3. The molecule has 0 spiro atoms. The number of aliphatic hydroxyl groups is 1. The number of nitrogens with one attached hydrogen (secondary N) is 1. The number of hydrogen-bond acceptors (Lipinski definition) is 3. The zero-order valence-electron chi connectivity index (χ0n) is 10.9. The summed E-state index contributed by atoms with van der Waals surface area (Å²) in [6, 6.07) is 0. The van der Waals surface area contributed by atoms with E-state index in [4.69, 9.17) is 5.11 Å². The average Bonchev–Trinajstić information content (AvgIpc) is 3.27. The molecule has 1 aromatic rings. The van der Waals surface area contributed by atoms with Crippen molar-refractivity contribution >= 4 is 0 Å². The van der Waals surface area contributed by atoms with E-state index in [0.29, 0.717) is 6.54 Å². The summed E-state index contributed by atoms with van der Waals surface area (Å²) in [6.07, 6.45) is 9.74. The van der Waals surface area contributed by atoms with Gasteiger partial charge in [-0.1, -0.05) is 0 Å². The Morgan fingerprint density at radius 2 is 2.06 bits per heavy atom. The van der Waals surface area contributed by atoms with Gasteiger partial charge in [-0.3, -0.25) is 4.68 Å². The Morgan fingerprint density at radius 1 is 1.33 bits per heavy atom. The minimum absolute atomic E-state index is 0.153. The van der Waals surface area contributed by atoms with Crippen LogP contribution in [-0.4, -0.2) is 28.0 Å². The normalized spacial score (nSPS) is 19.7. The average molecular weight is 249 g/mol. The first-order chi connectivity index (χ1) is 8.86. The molecule has 0 aromatic carbocycles. The summed E-state index contributed by atoms with van der Waals surface area (Å²) in [7, 11) is 0. The van der Waals surface area contributed by atoms with Crippen molar-refractivity contribution in [3.05, 3.63) is 18.0 Å². The van der Waals surface area contributed by atoms with Gasteiger partial charge in [0.1, 0.15) is 0 Å². The minimum Gasteiger partial charge on any atom is -0.394 e. The van der Waals surface area contributed by atoms with Crippen LogP contribution in [0.5, 0.6) is 0 Å². The van der Waals surface area contributed by atoms with Gasteiger partial charge in [0.25, 0.3) is 0 Å². The van der Waals surface area contributed by atoms with Crippen LogP contribution >= 0.6 is 0 Å². The van der Waals surface area contributed by atoms with E-state index < -0.39 is 0 Å². The lowest BCUT2D eigenvalue weighted by molar-refractivity contribution is 0.269. The molecule has 0 amide bonds. The van der Waals surface area contributed by atoms with Crippen LogP contribution in [0.3, 0.4) is 0 Å². The quantitative estimate of drug-likeness (QED) is 0.732. The maximum absolute atomic E-state index is 8.84. The van der Waals surface area contributed by atoms with Crippen LogP contribution in [0.2, 0.25) is 0 Å². The monoisotopic (exact) mass is 249 g/mol. The molecule has 3 rings (SSSR count). The van der Waals surface area contributed by atoms with E-state index in [-0.39, 0.29) is 6.61 Å². The van der Waals surface area contributed by atoms with Crippen LogP contribution in [0.25, 0.3) is 0 Å². The molecule has 2 N–H and O–H groups in total. The molecule has 0 radical (unpaired) electrons. The van der Waals surface area contributed by atoms with Crippen LogP contribution in [0, 0.1) is 17.8 Å². The van der Waals surface area contributed by atoms with Crippen molar-refractivity contribution in [3.63, 3.8) is 0 Å². The van der Waals surface area contributed by atoms with Gasteiger partial charge in [-0.05, 0) is 50.0 Å². The van der Waals surface area contributed by atoms with Crippen LogP contribution in [0.15, 0.2) is 12.4 Å². The second-order valence-corrected chi connectivity index (χ2v) is 5.80. The van der Waals surface area contributed by atoms with Gasteiger partial charge >= 0.3 is 0 Å². The van der Waals surface area contributed by atoms with Crippen LogP contribution < -0.4 is 5.32 Å². The number of aromatic nitrogens is 2. The molecular formula is C14H23N3O. The van der Waals surface area contributed by atoms with E-state index >= 15 is 0 Å². The largest absolute Gasteiger partial charge is 0.394 e. The molecule has 0 aliphatic heterocycles. The van der Waals surface area contributed by atoms with Gasteiger partial charge in [0.05, 0.1) is 19.3 Å². The molecule has 2 aliphatic rings. The lowest BCUT2D eigenvalue weighted by Crippen LogP contribution is -2.25. The van der Waals surface area contributed by atoms with Crippen LogP contribution in [-0.2, 0) is 13.1 Å². The van der Waals surface area contributed by atoms with Crippen molar-refractivity contribution < 1.29 is 5.11 Å². The van der Waals surface area contributed by atoms with E-state index in [1.807, 2.05) is 12.4 Å². The van der Waals surface area contributed by atoms with Gasteiger partial charge in [-0.15, -0.1) is 0 Å². The third kappa shape index (κ3) is 3.12.